The Kier molecular flexibility index (Phi) is 4.95. The lowest BCUT2D eigenvalue weighted by molar-refractivity contribution is 0.111. The molecule has 122 valence electrons. The number of rotatable bonds is 5. The lowest BCUT2D eigenvalue weighted by Crippen LogP contribution is -1.98. The first-order chi connectivity index (χ1) is 12.2. The molecule has 0 spiro atoms. The quantitative estimate of drug-likeness (QED) is 0.485. The van der Waals surface area contributed by atoms with Crippen molar-refractivity contribution in [1.29, 1.82) is 0 Å². The van der Waals surface area contributed by atoms with Gasteiger partial charge in [-0.15, -0.1) is 0 Å². The first kappa shape index (κ1) is 16.5. The number of hydrogen-bond acceptors (Lipinski definition) is 2. The van der Waals surface area contributed by atoms with E-state index < -0.39 is 0 Å². The van der Waals surface area contributed by atoms with Crippen LogP contribution in [0, 0.1) is 5.82 Å². The zero-order chi connectivity index (χ0) is 17.6. The first-order valence-corrected chi connectivity index (χ1v) is 7.80. The predicted octanol–water partition coefficient (Wildman–Crippen LogP) is 5.04. The van der Waals surface area contributed by atoms with Crippen molar-refractivity contribution in [2.45, 2.75) is 0 Å². The number of carbonyl (C=O) groups excluding carboxylic acids is 2. The van der Waals surface area contributed by atoms with Crippen LogP contribution in [0.25, 0.3) is 11.6 Å². The Morgan fingerprint density at radius 1 is 0.640 bits per heavy atom. The third-order valence-corrected chi connectivity index (χ3v) is 3.96. The lowest BCUT2D eigenvalue weighted by atomic mass is 9.90. The summed E-state index contributed by atoms with van der Waals surface area (Å²) in [5, 5.41) is 0. The van der Waals surface area contributed by atoms with Crippen molar-refractivity contribution >= 4 is 24.2 Å². The zero-order valence-corrected chi connectivity index (χ0v) is 13.4. The van der Waals surface area contributed by atoms with Crippen LogP contribution < -0.4 is 0 Å². The minimum absolute atomic E-state index is 0.368. The fourth-order valence-corrected chi connectivity index (χ4v) is 2.74. The van der Waals surface area contributed by atoms with Crippen molar-refractivity contribution < 1.29 is 14.0 Å². The van der Waals surface area contributed by atoms with E-state index in [1.54, 1.807) is 72.8 Å². The van der Waals surface area contributed by atoms with Crippen molar-refractivity contribution in [3.63, 3.8) is 0 Å². The molecule has 0 radical (unpaired) electrons. The summed E-state index contributed by atoms with van der Waals surface area (Å²) in [5.74, 6) is -0.368. The average Bonchev–Trinajstić information content (AvgIpc) is 2.67. The van der Waals surface area contributed by atoms with Crippen LogP contribution >= 0.6 is 0 Å². The molecule has 0 atom stereocenters. The molecule has 0 unspecified atom stereocenters. The molecule has 0 bridgehead atoms. The molecule has 0 aromatic heterocycles. The molecular weight excluding hydrogens is 315 g/mol. The topological polar surface area (TPSA) is 34.1 Å². The second kappa shape index (κ2) is 7.49. The minimum atomic E-state index is -0.368. The van der Waals surface area contributed by atoms with Crippen LogP contribution in [0.3, 0.4) is 0 Å². The summed E-state index contributed by atoms with van der Waals surface area (Å²) in [7, 11) is 0. The fraction of sp³-hybridized carbons (Fsp3) is 0. The molecule has 0 aliphatic heterocycles. The molecule has 3 rings (SSSR count). The maximum atomic E-state index is 14.2. The van der Waals surface area contributed by atoms with E-state index in [1.807, 2.05) is 0 Å². The Morgan fingerprint density at radius 3 is 1.56 bits per heavy atom. The monoisotopic (exact) mass is 330 g/mol. The Hall–Kier alpha value is -3.33. The summed E-state index contributed by atoms with van der Waals surface area (Å²) >= 11 is 0. The summed E-state index contributed by atoms with van der Waals surface area (Å²) in [6.45, 7) is 0. The molecule has 3 aromatic rings. The molecule has 0 aliphatic rings. The SMILES string of the molecule is O=Cc1ccccc1C(=Cc1ccccc1F)c1ccccc1C=O. The van der Waals surface area contributed by atoms with Crippen LogP contribution in [0.4, 0.5) is 4.39 Å². The van der Waals surface area contributed by atoms with Gasteiger partial charge >= 0.3 is 0 Å². The average molecular weight is 330 g/mol. The van der Waals surface area contributed by atoms with Gasteiger partial charge in [0.2, 0.25) is 0 Å². The van der Waals surface area contributed by atoms with Gasteiger partial charge in [-0.25, -0.2) is 4.39 Å². The molecule has 0 heterocycles. The Labute approximate surface area is 145 Å². The number of carbonyl (C=O) groups is 2. The molecule has 0 fully saturated rings. The normalized spacial score (nSPS) is 10.1. The molecule has 2 nitrogen and oxygen atoms in total. The van der Waals surface area contributed by atoms with E-state index in [0.717, 1.165) is 12.6 Å². The molecule has 3 aromatic carbocycles. The molecule has 0 amide bonds. The van der Waals surface area contributed by atoms with Gasteiger partial charge < -0.3 is 0 Å². The van der Waals surface area contributed by atoms with E-state index in [0.29, 0.717) is 33.4 Å². The van der Waals surface area contributed by atoms with E-state index in [1.165, 1.54) is 6.07 Å². The standard InChI is InChI=1S/C22H15FO2/c23-22-12-6-3-7-16(22)13-21(19-10-4-1-8-17(19)14-24)20-11-5-2-9-18(20)15-25/h1-15H. The van der Waals surface area contributed by atoms with Crippen molar-refractivity contribution in [1.82, 2.24) is 0 Å². The summed E-state index contributed by atoms with van der Waals surface area (Å²) < 4.78 is 14.2. The summed E-state index contributed by atoms with van der Waals surface area (Å²) in [4.78, 5) is 22.9. The van der Waals surface area contributed by atoms with E-state index in [2.05, 4.69) is 0 Å². The smallest absolute Gasteiger partial charge is 0.150 e. The number of aldehydes is 2. The van der Waals surface area contributed by atoms with E-state index in [4.69, 9.17) is 0 Å². The van der Waals surface area contributed by atoms with Gasteiger partial charge in [-0.3, -0.25) is 9.59 Å². The van der Waals surface area contributed by atoms with Gasteiger partial charge in [0.1, 0.15) is 5.82 Å². The maximum Gasteiger partial charge on any atom is 0.150 e. The third kappa shape index (κ3) is 3.45. The highest BCUT2D eigenvalue weighted by molar-refractivity contribution is 6.01. The van der Waals surface area contributed by atoms with Gasteiger partial charge in [-0.1, -0.05) is 66.7 Å². The van der Waals surface area contributed by atoms with Gasteiger partial charge in [-0.2, -0.15) is 0 Å². The molecule has 0 saturated heterocycles. The second-order valence-corrected chi connectivity index (χ2v) is 5.49. The number of benzene rings is 3. The highest BCUT2D eigenvalue weighted by Crippen LogP contribution is 2.30. The maximum absolute atomic E-state index is 14.2. The van der Waals surface area contributed by atoms with Gasteiger partial charge in [0.05, 0.1) is 0 Å². The van der Waals surface area contributed by atoms with Crippen molar-refractivity contribution in [2.24, 2.45) is 0 Å². The Balaban J connectivity index is 2.31. The molecule has 0 N–H and O–H groups in total. The first-order valence-electron chi connectivity index (χ1n) is 7.80. The van der Waals surface area contributed by atoms with Crippen LogP contribution in [0.15, 0.2) is 72.8 Å². The minimum Gasteiger partial charge on any atom is -0.298 e. The zero-order valence-electron chi connectivity index (χ0n) is 13.4. The molecule has 0 saturated carbocycles. The van der Waals surface area contributed by atoms with Gasteiger partial charge in [0.15, 0.2) is 12.6 Å². The van der Waals surface area contributed by atoms with E-state index in [9.17, 15) is 14.0 Å². The molecule has 25 heavy (non-hydrogen) atoms. The van der Waals surface area contributed by atoms with Crippen LogP contribution in [-0.4, -0.2) is 12.6 Å². The highest BCUT2D eigenvalue weighted by atomic mass is 19.1. The van der Waals surface area contributed by atoms with Gasteiger partial charge in [-0.05, 0) is 28.8 Å². The van der Waals surface area contributed by atoms with Crippen LogP contribution in [0.2, 0.25) is 0 Å². The fourth-order valence-electron chi connectivity index (χ4n) is 2.74. The van der Waals surface area contributed by atoms with Crippen molar-refractivity contribution in [2.75, 3.05) is 0 Å². The van der Waals surface area contributed by atoms with Crippen LogP contribution in [0.1, 0.15) is 37.4 Å². The molecule has 3 heteroatoms. The summed E-state index contributed by atoms with van der Waals surface area (Å²) in [6, 6.07) is 20.5. The second-order valence-electron chi connectivity index (χ2n) is 5.49. The Morgan fingerprint density at radius 2 is 1.08 bits per heavy atom. The van der Waals surface area contributed by atoms with Crippen molar-refractivity contribution in [3.8, 4) is 0 Å². The largest absolute Gasteiger partial charge is 0.298 e. The Bertz CT molecular complexity index is 904. The van der Waals surface area contributed by atoms with Crippen molar-refractivity contribution in [3.05, 3.63) is 106 Å². The van der Waals surface area contributed by atoms with Crippen LogP contribution in [-0.2, 0) is 0 Å². The summed E-state index contributed by atoms with van der Waals surface area (Å²) in [5.41, 5.74) is 3.26. The number of hydrogen-bond donors (Lipinski definition) is 0. The predicted molar refractivity (Wildman–Crippen MR) is 97.0 cm³/mol. The molecular formula is C22H15FO2. The van der Waals surface area contributed by atoms with Crippen LogP contribution in [0.5, 0.6) is 0 Å². The van der Waals surface area contributed by atoms with Gasteiger partial charge in [0.25, 0.3) is 0 Å². The third-order valence-electron chi connectivity index (χ3n) is 3.96. The number of halogens is 1. The molecule has 0 aliphatic carbocycles. The lowest BCUT2D eigenvalue weighted by Gasteiger charge is -2.13. The van der Waals surface area contributed by atoms with Gasteiger partial charge in [0, 0.05) is 16.7 Å². The summed E-state index contributed by atoms with van der Waals surface area (Å²) in [6.07, 6.45) is 3.18. The van der Waals surface area contributed by atoms with E-state index in [-0.39, 0.29) is 5.82 Å². The highest BCUT2D eigenvalue weighted by Gasteiger charge is 2.14. The van der Waals surface area contributed by atoms with E-state index >= 15 is 0 Å².